The lowest BCUT2D eigenvalue weighted by Crippen LogP contribution is -2.00. The van der Waals surface area contributed by atoms with Crippen molar-refractivity contribution in [2.24, 2.45) is 5.10 Å². The van der Waals surface area contributed by atoms with Gasteiger partial charge in [0.25, 0.3) is 0 Å². The van der Waals surface area contributed by atoms with Gasteiger partial charge in [-0.15, -0.1) is 11.3 Å². The van der Waals surface area contributed by atoms with E-state index in [1.807, 2.05) is 53.4 Å². The third-order valence-corrected chi connectivity index (χ3v) is 4.95. The molecule has 4 aromatic rings. The number of halogens is 1. The maximum atomic E-state index is 13.9. The van der Waals surface area contributed by atoms with Crippen molar-refractivity contribution in [2.75, 3.05) is 5.43 Å². The molecule has 0 spiro atoms. The average molecular weight is 364 g/mol. The Morgan fingerprint density at radius 3 is 2.92 bits per heavy atom. The van der Waals surface area contributed by atoms with Crippen LogP contribution in [-0.4, -0.2) is 15.8 Å². The van der Waals surface area contributed by atoms with E-state index in [-0.39, 0.29) is 5.82 Å². The molecular weight excluding hydrogens is 347 g/mol. The minimum Gasteiger partial charge on any atom is -0.343 e. The summed E-state index contributed by atoms with van der Waals surface area (Å²) in [4.78, 5) is 4.30. The number of nitrogens with zero attached hydrogens (tertiary/aromatic N) is 3. The number of rotatable bonds is 5. The summed E-state index contributed by atoms with van der Waals surface area (Å²) >= 11 is 1.52. The van der Waals surface area contributed by atoms with Gasteiger partial charge in [0.15, 0.2) is 0 Å². The highest BCUT2D eigenvalue weighted by Gasteiger charge is 2.05. The predicted octanol–water partition coefficient (Wildman–Crippen LogP) is 5.04. The summed E-state index contributed by atoms with van der Waals surface area (Å²) in [5, 5.41) is 8.08. The Morgan fingerprint density at radius 1 is 1.23 bits per heavy atom. The van der Waals surface area contributed by atoms with E-state index in [9.17, 15) is 4.39 Å². The lowest BCUT2D eigenvalue weighted by atomic mass is 10.1. The number of anilines is 1. The van der Waals surface area contributed by atoms with Gasteiger partial charge in [0.2, 0.25) is 5.13 Å². The number of hydrogen-bond acceptors (Lipinski definition) is 4. The average Bonchev–Trinajstić information content (AvgIpc) is 3.23. The van der Waals surface area contributed by atoms with Gasteiger partial charge in [0.05, 0.1) is 18.5 Å². The van der Waals surface area contributed by atoms with Crippen molar-refractivity contribution in [1.82, 2.24) is 9.55 Å². The highest BCUT2D eigenvalue weighted by atomic mass is 32.1. The number of hydrogen-bond donors (Lipinski definition) is 1. The number of aromatic nitrogens is 2. The van der Waals surface area contributed by atoms with Crippen molar-refractivity contribution in [3.63, 3.8) is 0 Å². The molecule has 2 heterocycles. The number of hydrazone groups is 1. The molecule has 0 saturated heterocycles. The molecule has 0 atom stereocenters. The van der Waals surface area contributed by atoms with E-state index in [1.54, 1.807) is 12.3 Å². The van der Waals surface area contributed by atoms with Crippen LogP contribution in [0.4, 0.5) is 9.52 Å². The zero-order chi connectivity index (χ0) is 17.9. The molecular formula is C20H17FN4S. The fraction of sp³-hybridized carbons (Fsp3) is 0.100. The summed E-state index contributed by atoms with van der Waals surface area (Å²) in [6, 6.07) is 15.0. The molecule has 6 heteroatoms. The van der Waals surface area contributed by atoms with Crippen molar-refractivity contribution >= 4 is 33.6 Å². The van der Waals surface area contributed by atoms with Crippen LogP contribution in [0.15, 0.2) is 65.2 Å². The number of aryl methyl sites for hydroxylation is 1. The summed E-state index contributed by atoms with van der Waals surface area (Å²) < 4.78 is 15.9. The zero-order valence-electron chi connectivity index (χ0n) is 14.2. The first-order chi connectivity index (χ1) is 12.7. The molecule has 0 amide bonds. The summed E-state index contributed by atoms with van der Waals surface area (Å²) in [7, 11) is 0. The van der Waals surface area contributed by atoms with Crippen molar-refractivity contribution < 1.29 is 4.39 Å². The SMILES string of the molecule is Cc1csc(NN=Cc2ccc3c(ccn3Cc3ccccc3F)c2)n1. The van der Waals surface area contributed by atoms with E-state index in [1.165, 1.54) is 17.4 Å². The Morgan fingerprint density at radius 2 is 2.12 bits per heavy atom. The van der Waals surface area contributed by atoms with Gasteiger partial charge >= 0.3 is 0 Å². The van der Waals surface area contributed by atoms with E-state index in [0.717, 1.165) is 27.3 Å². The van der Waals surface area contributed by atoms with Crippen LogP contribution in [0.25, 0.3) is 10.9 Å². The van der Waals surface area contributed by atoms with Gasteiger partial charge in [-0.2, -0.15) is 5.10 Å². The van der Waals surface area contributed by atoms with Gasteiger partial charge in [-0.3, -0.25) is 5.43 Å². The Hall–Kier alpha value is -2.99. The van der Waals surface area contributed by atoms with Crippen LogP contribution in [0.2, 0.25) is 0 Å². The van der Waals surface area contributed by atoms with Crippen LogP contribution in [0.1, 0.15) is 16.8 Å². The summed E-state index contributed by atoms with van der Waals surface area (Å²) in [6.45, 7) is 2.46. The van der Waals surface area contributed by atoms with E-state index in [2.05, 4.69) is 21.6 Å². The molecule has 2 aromatic carbocycles. The fourth-order valence-electron chi connectivity index (χ4n) is 2.81. The predicted molar refractivity (Wildman–Crippen MR) is 106 cm³/mol. The van der Waals surface area contributed by atoms with Gasteiger partial charge in [-0.1, -0.05) is 24.3 Å². The van der Waals surface area contributed by atoms with Crippen LogP contribution in [0.3, 0.4) is 0 Å². The molecule has 0 radical (unpaired) electrons. The monoisotopic (exact) mass is 364 g/mol. The van der Waals surface area contributed by atoms with Crippen molar-refractivity contribution in [3.05, 3.63) is 82.7 Å². The number of nitrogens with one attached hydrogen (secondary N) is 1. The molecule has 1 N–H and O–H groups in total. The second kappa shape index (κ2) is 7.09. The maximum Gasteiger partial charge on any atom is 0.203 e. The molecule has 2 aromatic heterocycles. The molecule has 0 saturated carbocycles. The van der Waals surface area contributed by atoms with Gasteiger partial charge in [-0.05, 0) is 36.8 Å². The van der Waals surface area contributed by atoms with Crippen LogP contribution in [-0.2, 0) is 6.54 Å². The minimum atomic E-state index is -0.179. The van der Waals surface area contributed by atoms with Crippen molar-refractivity contribution in [1.29, 1.82) is 0 Å². The molecule has 0 fully saturated rings. The largest absolute Gasteiger partial charge is 0.343 e. The first-order valence-electron chi connectivity index (χ1n) is 8.22. The standard InChI is InChI=1S/C20H17FN4S/c1-14-13-26-20(23-14)24-22-11-15-6-7-19-16(10-15)8-9-25(19)12-17-4-2-3-5-18(17)21/h2-11,13H,12H2,1H3,(H,23,24). The Kier molecular flexibility index (Phi) is 4.50. The maximum absolute atomic E-state index is 13.9. The molecule has 26 heavy (non-hydrogen) atoms. The molecule has 0 aliphatic heterocycles. The van der Waals surface area contributed by atoms with Gasteiger partial charge in [-0.25, -0.2) is 9.37 Å². The summed E-state index contributed by atoms with van der Waals surface area (Å²) in [6.07, 6.45) is 3.75. The number of fused-ring (bicyclic) bond motifs is 1. The molecule has 0 aliphatic rings. The Balaban J connectivity index is 1.52. The zero-order valence-corrected chi connectivity index (χ0v) is 15.0. The lowest BCUT2D eigenvalue weighted by molar-refractivity contribution is 0.602. The second-order valence-electron chi connectivity index (χ2n) is 6.02. The summed E-state index contributed by atoms with van der Waals surface area (Å²) in [5.74, 6) is -0.179. The fourth-order valence-corrected chi connectivity index (χ4v) is 3.45. The van der Waals surface area contributed by atoms with Crippen LogP contribution >= 0.6 is 11.3 Å². The van der Waals surface area contributed by atoms with Crippen LogP contribution in [0, 0.1) is 12.7 Å². The van der Waals surface area contributed by atoms with Crippen LogP contribution in [0.5, 0.6) is 0 Å². The first kappa shape index (κ1) is 16.5. The summed E-state index contributed by atoms with van der Waals surface area (Å²) in [5.41, 5.74) is 6.64. The van der Waals surface area contributed by atoms with E-state index in [0.29, 0.717) is 12.1 Å². The third-order valence-electron chi connectivity index (χ3n) is 4.09. The smallest absolute Gasteiger partial charge is 0.203 e. The molecule has 0 aliphatic carbocycles. The second-order valence-corrected chi connectivity index (χ2v) is 6.88. The lowest BCUT2D eigenvalue weighted by Gasteiger charge is -2.07. The number of thiazole rings is 1. The Bertz CT molecular complexity index is 1080. The molecule has 4 nitrogen and oxygen atoms in total. The minimum absolute atomic E-state index is 0.179. The van der Waals surface area contributed by atoms with Crippen molar-refractivity contribution in [3.8, 4) is 0 Å². The third kappa shape index (κ3) is 3.50. The van der Waals surface area contributed by atoms with Gasteiger partial charge < -0.3 is 4.57 Å². The van der Waals surface area contributed by atoms with Gasteiger partial charge in [0.1, 0.15) is 5.82 Å². The topological polar surface area (TPSA) is 42.2 Å². The van der Waals surface area contributed by atoms with Crippen molar-refractivity contribution in [2.45, 2.75) is 13.5 Å². The normalized spacial score (nSPS) is 11.5. The van der Waals surface area contributed by atoms with Gasteiger partial charge in [0, 0.05) is 28.0 Å². The number of benzene rings is 2. The molecule has 130 valence electrons. The highest BCUT2D eigenvalue weighted by molar-refractivity contribution is 7.13. The molecule has 0 bridgehead atoms. The highest BCUT2D eigenvalue weighted by Crippen LogP contribution is 2.20. The quantitative estimate of drug-likeness (QED) is 0.398. The van der Waals surface area contributed by atoms with E-state index >= 15 is 0 Å². The van der Waals surface area contributed by atoms with E-state index in [4.69, 9.17) is 0 Å². The van der Waals surface area contributed by atoms with Crippen LogP contribution < -0.4 is 5.43 Å². The van der Waals surface area contributed by atoms with E-state index < -0.39 is 0 Å². The molecule has 0 unspecified atom stereocenters. The first-order valence-corrected chi connectivity index (χ1v) is 9.10. The Labute approximate surface area is 154 Å². The molecule has 4 rings (SSSR count).